The fourth-order valence-electron chi connectivity index (χ4n) is 3.78. The fraction of sp³-hybridized carbons (Fsp3) is 0.667. The quantitative estimate of drug-likeness (QED) is 0.850. The lowest BCUT2D eigenvalue weighted by Gasteiger charge is -2.43. The van der Waals surface area contributed by atoms with Crippen molar-refractivity contribution in [3.05, 3.63) is 22.7 Å². The lowest BCUT2D eigenvalue weighted by molar-refractivity contribution is -0.0534. The van der Waals surface area contributed by atoms with Crippen LogP contribution in [0.3, 0.4) is 0 Å². The Kier molecular flexibility index (Phi) is 6.41. The summed E-state index contributed by atoms with van der Waals surface area (Å²) in [5, 5.41) is 11.2. The Morgan fingerprint density at radius 1 is 1.20 bits per heavy atom. The molecule has 140 valence electrons. The first-order chi connectivity index (χ1) is 12.1. The summed E-state index contributed by atoms with van der Waals surface area (Å²) in [5.41, 5.74) is 1.06. The van der Waals surface area contributed by atoms with Crippen molar-refractivity contribution >= 4 is 11.6 Å². The number of piperidine rings is 1. The van der Waals surface area contributed by atoms with Gasteiger partial charge >= 0.3 is 0 Å². The molecule has 0 bridgehead atoms. The minimum atomic E-state index is -0.345. The number of morpholine rings is 1. The summed E-state index contributed by atoms with van der Waals surface area (Å²) >= 11 is 6.29. The number of benzene rings is 1. The van der Waals surface area contributed by atoms with Gasteiger partial charge in [0.15, 0.2) is 11.5 Å². The molecule has 7 heteroatoms. The molecule has 0 radical (unpaired) electrons. The molecule has 1 aromatic carbocycles. The lowest BCUT2D eigenvalue weighted by Crippen LogP contribution is -2.56. The number of likely N-dealkylation sites (tertiary alicyclic amines) is 1. The van der Waals surface area contributed by atoms with Crippen molar-refractivity contribution in [1.82, 2.24) is 9.80 Å². The summed E-state index contributed by atoms with van der Waals surface area (Å²) in [4.78, 5) is 4.62. The van der Waals surface area contributed by atoms with Gasteiger partial charge in [-0.25, -0.2) is 0 Å². The van der Waals surface area contributed by atoms with Gasteiger partial charge in [0, 0.05) is 38.8 Å². The summed E-state index contributed by atoms with van der Waals surface area (Å²) in [6, 6.07) is 4.09. The number of rotatable bonds is 5. The van der Waals surface area contributed by atoms with E-state index in [1.165, 1.54) is 0 Å². The van der Waals surface area contributed by atoms with Crippen LogP contribution in [0.2, 0.25) is 5.02 Å². The Balaban J connectivity index is 1.62. The van der Waals surface area contributed by atoms with Crippen molar-refractivity contribution < 1.29 is 19.3 Å². The topological polar surface area (TPSA) is 54.4 Å². The van der Waals surface area contributed by atoms with Crippen molar-refractivity contribution in [2.75, 3.05) is 53.6 Å². The minimum absolute atomic E-state index is 0.231. The molecule has 6 nitrogen and oxygen atoms in total. The highest BCUT2D eigenvalue weighted by Crippen LogP contribution is 2.36. The van der Waals surface area contributed by atoms with Crippen LogP contribution in [0.5, 0.6) is 11.5 Å². The first-order valence-corrected chi connectivity index (χ1v) is 9.12. The molecule has 0 aromatic heterocycles. The second-order valence-electron chi connectivity index (χ2n) is 6.62. The molecule has 25 heavy (non-hydrogen) atoms. The molecule has 2 fully saturated rings. The highest BCUT2D eigenvalue weighted by molar-refractivity contribution is 6.32. The Labute approximate surface area is 154 Å². The number of β-amino-alcohol motifs (C(OH)–C–C–N with tert-alkyl or cyclic N) is 1. The third-order valence-corrected chi connectivity index (χ3v) is 5.33. The molecule has 2 aliphatic rings. The number of nitrogens with zero attached hydrogens (tertiary/aromatic N) is 2. The predicted octanol–water partition coefficient (Wildman–Crippen LogP) is 1.62. The molecule has 2 atom stereocenters. The van der Waals surface area contributed by atoms with E-state index in [1.807, 2.05) is 12.1 Å². The maximum atomic E-state index is 10.6. The summed E-state index contributed by atoms with van der Waals surface area (Å²) < 4.78 is 16.1. The van der Waals surface area contributed by atoms with Gasteiger partial charge < -0.3 is 19.3 Å². The normalized spacial score (nSPS) is 25.8. The van der Waals surface area contributed by atoms with E-state index in [0.29, 0.717) is 23.1 Å². The van der Waals surface area contributed by atoms with Gasteiger partial charge in [-0.1, -0.05) is 11.6 Å². The number of methoxy groups -OCH3 is 2. The van der Waals surface area contributed by atoms with Crippen LogP contribution in [-0.4, -0.2) is 80.7 Å². The third kappa shape index (κ3) is 4.38. The Morgan fingerprint density at radius 2 is 1.96 bits per heavy atom. The van der Waals surface area contributed by atoms with E-state index in [-0.39, 0.29) is 12.1 Å². The molecule has 3 rings (SSSR count). The van der Waals surface area contributed by atoms with E-state index in [2.05, 4.69) is 9.80 Å². The van der Waals surface area contributed by atoms with E-state index in [1.54, 1.807) is 14.2 Å². The van der Waals surface area contributed by atoms with E-state index >= 15 is 0 Å². The van der Waals surface area contributed by atoms with E-state index in [9.17, 15) is 5.11 Å². The van der Waals surface area contributed by atoms with Crippen molar-refractivity contribution in [2.24, 2.45) is 0 Å². The standard InChI is InChI=1S/C18H27ClN2O4/c1-23-17-10-13(9-14(19)18(17)24-2)11-20-4-3-15(16(22)12-20)21-5-7-25-8-6-21/h9-10,15-16,22H,3-8,11-12H2,1-2H3/t15-,16-/m1/s1. The second kappa shape index (κ2) is 8.56. The summed E-state index contributed by atoms with van der Waals surface area (Å²) in [5.74, 6) is 1.19. The van der Waals surface area contributed by atoms with Crippen LogP contribution < -0.4 is 9.47 Å². The van der Waals surface area contributed by atoms with E-state index in [4.69, 9.17) is 25.8 Å². The van der Waals surface area contributed by atoms with Gasteiger partial charge in [-0.3, -0.25) is 9.80 Å². The zero-order chi connectivity index (χ0) is 17.8. The summed E-state index contributed by atoms with van der Waals surface area (Å²) in [6.45, 7) is 5.68. The number of aliphatic hydroxyl groups excluding tert-OH is 1. The molecule has 1 N–H and O–H groups in total. The molecule has 2 aliphatic heterocycles. The maximum Gasteiger partial charge on any atom is 0.179 e. The summed E-state index contributed by atoms with van der Waals surface area (Å²) in [7, 11) is 3.19. The highest BCUT2D eigenvalue weighted by atomic mass is 35.5. The molecular formula is C18H27ClN2O4. The largest absolute Gasteiger partial charge is 0.493 e. The Morgan fingerprint density at radius 3 is 2.60 bits per heavy atom. The number of ether oxygens (including phenoxy) is 3. The van der Waals surface area contributed by atoms with Crippen molar-refractivity contribution in [2.45, 2.75) is 25.1 Å². The van der Waals surface area contributed by atoms with Crippen LogP contribution in [0.15, 0.2) is 12.1 Å². The van der Waals surface area contributed by atoms with Crippen LogP contribution in [0.4, 0.5) is 0 Å². The lowest BCUT2D eigenvalue weighted by atomic mass is 9.99. The first-order valence-electron chi connectivity index (χ1n) is 8.75. The highest BCUT2D eigenvalue weighted by Gasteiger charge is 2.32. The first kappa shape index (κ1) is 18.7. The molecule has 0 amide bonds. The zero-order valence-corrected chi connectivity index (χ0v) is 15.7. The van der Waals surface area contributed by atoms with Gasteiger partial charge in [0.1, 0.15) is 0 Å². The average molecular weight is 371 g/mol. The number of hydrogen-bond acceptors (Lipinski definition) is 6. The number of hydrogen-bond donors (Lipinski definition) is 1. The van der Waals surface area contributed by atoms with E-state index < -0.39 is 0 Å². The van der Waals surface area contributed by atoms with Crippen LogP contribution in [0, 0.1) is 0 Å². The fourth-order valence-corrected chi connectivity index (χ4v) is 4.09. The van der Waals surface area contributed by atoms with Gasteiger partial charge in [0.25, 0.3) is 0 Å². The second-order valence-corrected chi connectivity index (χ2v) is 7.03. The number of halogens is 1. The van der Waals surface area contributed by atoms with Gasteiger partial charge in [0.2, 0.25) is 0 Å². The molecule has 1 aromatic rings. The van der Waals surface area contributed by atoms with Crippen molar-refractivity contribution in [3.63, 3.8) is 0 Å². The Bertz CT molecular complexity index is 580. The molecule has 0 spiro atoms. The van der Waals surface area contributed by atoms with E-state index in [0.717, 1.165) is 51.4 Å². The molecule has 0 aliphatic carbocycles. The van der Waals surface area contributed by atoms with Crippen molar-refractivity contribution in [3.8, 4) is 11.5 Å². The maximum absolute atomic E-state index is 10.6. The van der Waals surface area contributed by atoms with Crippen LogP contribution in [-0.2, 0) is 11.3 Å². The Hall–Kier alpha value is -1.05. The molecular weight excluding hydrogens is 344 g/mol. The molecule has 0 unspecified atom stereocenters. The third-order valence-electron chi connectivity index (χ3n) is 5.04. The molecule has 2 saturated heterocycles. The monoisotopic (exact) mass is 370 g/mol. The van der Waals surface area contributed by atoms with Crippen molar-refractivity contribution in [1.29, 1.82) is 0 Å². The van der Waals surface area contributed by atoms with Gasteiger partial charge in [-0.2, -0.15) is 0 Å². The predicted molar refractivity (Wildman–Crippen MR) is 96.6 cm³/mol. The molecule has 2 heterocycles. The minimum Gasteiger partial charge on any atom is -0.493 e. The zero-order valence-electron chi connectivity index (χ0n) is 14.9. The summed E-state index contributed by atoms with van der Waals surface area (Å²) in [6.07, 6.45) is 0.616. The van der Waals surface area contributed by atoms with Crippen LogP contribution in [0.1, 0.15) is 12.0 Å². The van der Waals surface area contributed by atoms with Crippen LogP contribution in [0.25, 0.3) is 0 Å². The number of aliphatic hydroxyl groups is 1. The average Bonchev–Trinajstić information content (AvgIpc) is 2.62. The molecule has 0 saturated carbocycles. The SMILES string of the molecule is COc1cc(CN2CC[C@@H](N3CCOCC3)[C@H](O)C2)cc(Cl)c1OC. The van der Waals surface area contributed by atoms with Crippen LogP contribution >= 0.6 is 11.6 Å². The smallest absolute Gasteiger partial charge is 0.179 e. The van der Waals surface area contributed by atoms with Gasteiger partial charge in [-0.15, -0.1) is 0 Å². The van der Waals surface area contributed by atoms with Gasteiger partial charge in [0.05, 0.1) is 38.6 Å². The van der Waals surface area contributed by atoms with Gasteiger partial charge in [-0.05, 0) is 24.1 Å².